The molecule has 3 rings (SSSR count). The van der Waals surface area contributed by atoms with E-state index in [1.54, 1.807) is 6.20 Å². The van der Waals surface area contributed by atoms with Crippen LogP contribution in [0.3, 0.4) is 0 Å². The third-order valence-corrected chi connectivity index (χ3v) is 3.25. The highest BCUT2D eigenvalue weighted by Crippen LogP contribution is 2.34. The lowest BCUT2D eigenvalue weighted by Crippen LogP contribution is -2.59. The molecule has 1 aromatic heterocycles. The lowest BCUT2D eigenvalue weighted by Gasteiger charge is -2.40. The standard InChI is InChI=1S/C12H15N3O2/c1-2-8-3-10-11(5-14-8)17-7-9-4-13-6-12(16)15(9)10/h3,5,9,13H,2,4,6-7H2,1H3. The molecule has 0 aromatic carbocycles. The minimum Gasteiger partial charge on any atom is -0.488 e. The first-order valence-electron chi connectivity index (χ1n) is 5.94. The number of aryl methyl sites for hydroxylation is 1. The Bertz CT molecular complexity index is 461. The molecular weight excluding hydrogens is 218 g/mol. The second-order valence-corrected chi connectivity index (χ2v) is 4.36. The number of rotatable bonds is 1. The molecule has 2 aliphatic rings. The Labute approximate surface area is 99.8 Å². The Kier molecular flexibility index (Phi) is 2.48. The van der Waals surface area contributed by atoms with Gasteiger partial charge in [0.2, 0.25) is 5.91 Å². The Morgan fingerprint density at radius 3 is 3.35 bits per heavy atom. The van der Waals surface area contributed by atoms with Crippen molar-refractivity contribution in [2.75, 3.05) is 24.6 Å². The number of nitrogens with one attached hydrogen (secondary N) is 1. The molecule has 5 nitrogen and oxygen atoms in total. The molecule has 1 N–H and O–H groups in total. The summed E-state index contributed by atoms with van der Waals surface area (Å²) >= 11 is 0. The zero-order valence-electron chi connectivity index (χ0n) is 9.77. The Balaban J connectivity index is 2.05. The second kappa shape index (κ2) is 4.00. The first kappa shape index (κ1) is 10.5. The molecule has 0 bridgehead atoms. The van der Waals surface area contributed by atoms with Gasteiger partial charge in [-0.15, -0.1) is 0 Å². The van der Waals surface area contributed by atoms with Crippen LogP contribution in [0, 0.1) is 0 Å². The predicted molar refractivity (Wildman–Crippen MR) is 63.3 cm³/mol. The molecule has 1 atom stereocenters. The minimum atomic E-state index is 0.107. The first-order chi connectivity index (χ1) is 8.29. The van der Waals surface area contributed by atoms with Crippen LogP contribution in [0.25, 0.3) is 0 Å². The monoisotopic (exact) mass is 233 g/mol. The van der Waals surface area contributed by atoms with E-state index in [1.807, 2.05) is 11.0 Å². The summed E-state index contributed by atoms with van der Waals surface area (Å²) in [6, 6.07) is 2.07. The van der Waals surface area contributed by atoms with Crippen molar-refractivity contribution in [3.05, 3.63) is 18.0 Å². The number of carbonyl (C=O) groups is 1. The molecule has 0 saturated carbocycles. The van der Waals surface area contributed by atoms with Gasteiger partial charge in [-0.1, -0.05) is 6.92 Å². The van der Waals surface area contributed by atoms with Crippen LogP contribution in [0.5, 0.6) is 5.75 Å². The third kappa shape index (κ3) is 1.67. The van der Waals surface area contributed by atoms with E-state index in [0.717, 1.165) is 24.3 Å². The molecule has 0 radical (unpaired) electrons. The highest BCUT2D eigenvalue weighted by molar-refractivity contribution is 5.98. The summed E-state index contributed by atoms with van der Waals surface area (Å²) < 4.78 is 5.64. The van der Waals surface area contributed by atoms with Crippen LogP contribution < -0.4 is 15.0 Å². The van der Waals surface area contributed by atoms with Crippen LogP contribution in [0.4, 0.5) is 5.69 Å². The minimum absolute atomic E-state index is 0.107. The third-order valence-electron chi connectivity index (χ3n) is 3.25. The first-order valence-corrected chi connectivity index (χ1v) is 5.94. The van der Waals surface area contributed by atoms with E-state index < -0.39 is 0 Å². The highest BCUT2D eigenvalue weighted by Gasteiger charge is 2.35. The number of ether oxygens (including phenoxy) is 1. The van der Waals surface area contributed by atoms with Crippen LogP contribution >= 0.6 is 0 Å². The molecular formula is C12H15N3O2. The van der Waals surface area contributed by atoms with Crippen molar-refractivity contribution in [3.8, 4) is 5.75 Å². The maximum Gasteiger partial charge on any atom is 0.241 e. The number of anilines is 1. The second-order valence-electron chi connectivity index (χ2n) is 4.36. The number of fused-ring (bicyclic) bond motifs is 3. The molecule has 0 aliphatic carbocycles. The fourth-order valence-corrected chi connectivity index (χ4v) is 2.34. The Morgan fingerprint density at radius 1 is 1.65 bits per heavy atom. The number of pyridine rings is 1. The number of piperazine rings is 1. The van der Waals surface area contributed by atoms with Crippen molar-refractivity contribution >= 4 is 11.6 Å². The lowest BCUT2D eigenvalue weighted by atomic mass is 10.1. The van der Waals surface area contributed by atoms with Crippen LogP contribution in [-0.2, 0) is 11.2 Å². The molecule has 17 heavy (non-hydrogen) atoms. The number of amides is 1. The summed E-state index contributed by atoms with van der Waals surface area (Å²) in [7, 11) is 0. The average Bonchev–Trinajstić information content (AvgIpc) is 2.38. The van der Waals surface area contributed by atoms with Gasteiger partial charge in [-0.25, -0.2) is 0 Å². The van der Waals surface area contributed by atoms with E-state index in [1.165, 1.54) is 0 Å². The molecule has 3 heterocycles. The van der Waals surface area contributed by atoms with E-state index in [-0.39, 0.29) is 11.9 Å². The van der Waals surface area contributed by atoms with Gasteiger partial charge in [0.15, 0.2) is 5.75 Å². The topological polar surface area (TPSA) is 54.5 Å². The fraction of sp³-hybridized carbons (Fsp3) is 0.500. The molecule has 90 valence electrons. The Hall–Kier alpha value is -1.62. The van der Waals surface area contributed by atoms with Gasteiger partial charge in [-0.2, -0.15) is 0 Å². The lowest BCUT2D eigenvalue weighted by molar-refractivity contribution is -0.119. The van der Waals surface area contributed by atoms with Crippen molar-refractivity contribution in [2.45, 2.75) is 19.4 Å². The molecule has 1 fully saturated rings. The number of hydrogen-bond acceptors (Lipinski definition) is 4. The van der Waals surface area contributed by atoms with Crippen molar-refractivity contribution in [3.63, 3.8) is 0 Å². The number of carbonyl (C=O) groups excluding carboxylic acids is 1. The molecule has 1 amide bonds. The maximum absolute atomic E-state index is 12.0. The molecule has 0 spiro atoms. The van der Waals surface area contributed by atoms with Gasteiger partial charge in [0.25, 0.3) is 0 Å². The van der Waals surface area contributed by atoms with Crippen molar-refractivity contribution in [1.29, 1.82) is 0 Å². The number of nitrogens with zero attached hydrogens (tertiary/aromatic N) is 2. The highest BCUT2D eigenvalue weighted by atomic mass is 16.5. The van der Waals surface area contributed by atoms with Crippen LogP contribution in [0.15, 0.2) is 12.3 Å². The van der Waals surface area contributed by atoms with Crippen LogP contribution in [0.1, 0.15) is 12.6 Å². The van der Waals surface area contributed by atoms with E-state index in [9.17, 15) is 4.79 Å². The number of hydrogen-bond donors (Lipinski definition) is 1. The van der Waals surface area contributed by atoms with Crippen LogP contribution in [0.2, 0.25) is 0 Å². The molecule has 1 saturated heterocycles. The largest absolute Gasteiger partial charge is 0.488 e. The molecule has 1 unspecified atom stereocenters. The summed E-state index contributed by atoms with van der Waals surface area (Å²) in [5.41, 5.74) is 1.86. The molecule has 1 aromatic rings. The van der Waals surface area contributed by atoms with E-state index in [2.05, 4.69) is 17.2 Å². The van der Waals surface area contributed by atoms with E-state index in [4.69, 9.17) is 4.74 Å². The van der Waals surface area contributed by atoms with E-state index in [0.29, 0.717) is 18.9 Å². The Morgan fingerprint density at radius 2 is 2.53 bits per heavy atom. The van der Waals surface area contributed by atoms with E-state index >= 15 is 0 Å². The quantitative estimate of drug-likeness (QED) is 0.760. The van der Waals surface area contributed by atoms with Gasteiger partial charge in [0.1, 0.15) is 6.61 Å². The molecule has 5 heteroatoms. The van der Waals surface area contributed by atoms with Gasteiger partial charge in [0.05, 0.1) is 24.5 Å². The van der Waals surface area contributed by atoms with Crippen LogP contribution in [-0.4, -0.2) is 36.6 Å². The SMILES string of the molecule is CCc1cc2c(cn1)OCC1CNCC(=O)N21. The maximum atomic E-state index is 12.0. The summed E-state index contributed by atoms with van der Waals surface area (Å²) in [6.07, 6.45) is 2.58. The molecule has 2 aliphatic heterocycles. The zero-order chi connectivity index (χ0) is 11.8. The van der Waals surface area contributed by atoms with Gasteiger partial charge in [0, 0.05) is 12.2 Å². The van der Waals surface area contributed by atoms with Crippen molar-refractivity contribution < 1.29 is 9.53 Å². The van der Waals surface area contributed by atoms with Gasteiger partial charge >= 0.3 is 0 Å². The van der Waals surface area contributed by atoms with Gasteiger partial charge < -0.3 is 10.1 Å². The average molecular weight is 233 g/mol. The van der Waals surface area contributed by atoms with Crippen molar-refractivity contribution in [2.24, 2.45) is 0 Å². The summed E-state index contributed by atoms with van der Waals surface area (Å²) in [4.78, 5) is 18.1. The summed E-state index contributed by atoms with van der Waals surface area (Å²) in [5.74, 6) is 0.827. The number of aromatic nitrogens is 1. The van der Waals surface area contributed by atoms with Gasteiger partial charge in [-0.05, 0) is 12.5 Å². The zero-order valence-corrected chi connectivity index (χ0v) is 9.77. The van der Waals surface area contributed by atoms with Gasteiger partial charge in [-0.3, -0.25) is 14.7 Å². The fourth-order valence-electron chi connectivity index (χ4n) is 2.34. The smallest absolute Gasteiger partial charge is 0.241 e. The normalized spacial score (nSPS) is 22.8. The summed E-state index contributed by atoms with van der Waals surface area (Å²) in [6.45, 7) is 3.78. The summed E-state index contributed by atoms with van der Waals surface area (Å²) in [5, 5.41) is 3.11. The van der Waals surface area contributed by atoms with Crippen molar-refractivity contribution in [1.82, 2.24) is 10.3 Å². The predicted octanol–water partition coefficient (Wildman–Crippen LogP) is 0.341.